The van der Waals surface area contributed by atoms with Gasteiger partial charge in [-0.15, -0.1) is 0 Å². The van der Waals surface area contributed by atoms with Crippen LogP contribution in [0.3, 0.4) is 0 Å². The van der Waals surface area contributed by atoms with E-state index in [1.54, 1.807) is 0 Å². The van der Waals surface area contributed by atoms with Crippen molar-refractivity contribution >= 4 is 6.09 Å². The number of hydrogen-bond donors (Lipinski definition) is 0. The van der Waals surface area contributed by atoms with Gasteiger partial charge in [-0.05, 0) is 45.4 Å². The van der Waals surface area contributed by atoms with Gasteiger partial charge in [0.2, 0.25) is 0 Å². The van der Waals surface area contributed by atoms with Crippen LogP contribution in [0.4, 0.5) is 4.79 Å². The Morgan fingerprint density at radius 3 is 2.41 bits per heavy atom. The SMILES string of the molecule is CCC1CCN(C(=O)OC(C)(C)C)CCC1C. The van der Waals surface area contributed by atoms with Gasteiger partial charge in [-0.25, -0.2) is 4.79 Å². The molecule has 3 nitrogen and oxygen atoms in total. The minimum absolute atomic E-state index is 0.151. The van der Waals surface area contributed by atoms with Crippen LogP contribution in [-0.2, 0) is 4.74 Å². The molecule has 2 unspecified atom stereocenters. The summed E-state index contributed by atoms with van der Waals surface area (Å²) >= 11 is 0. The van der Waals surface area contributed by atoms with Gasteiger partial charge in [-0.3, -0.25) is 0 Å². The van der Waals surface area contributed by atoms with Crippen LogP contribution in [0, 0.1) is 11.8 Å². The highest BCUT2D eigenvalue weighted by molar-refractivity contribution is 5.68. The lowest BCUT2D eigenvalue weighted by molar-refractivity contribution is 0.0254. The molecule has 0 spiro atoms. The van der Waals surface area contributed by atoms with Crippen LogP contribution in [0.15, 0.2) is 0 Å². The smallest absolute Gasteiger partial charge is 0.410 e. The van der Waals surface area contributed by atoms with Crippen molar-refractivity contribution in [2.45, 2.75) is 59.5 Å². The lowest BCUT2D eigenvalue weighted by Crippen LogP contribution is -2.37. The summed E-state index contributed by atoms with van der Waals surface area (Å²) in [5, 5.41) is 0. The molecule has 0 bridgehead atoms. The minimum atomic E-state index is -0.390. The second kappa shape index (κ2) is 5.74. The Kier molecular flexibility index (Phi) is 4.84. The molecular weight excluding hydrogens is 214 g/mol. The highest BCUT2D eigenvalue weighted by Gasteiger charge is 2.27. The summed E-state index contributed by atoms with van der Waals surface area (Å²) < 4.78 is 5.42. The molecule has 2 atom stereocenters. The Morgan fingerprint density at radius 1 is 1.29 bits per heavy atom. The molecule has 1 aliphatic heterocycles. The van der Waals surface area contributed by atoms with Crippen LogP contribution in [-0.4, -0.2) is 29.7 Å². The number of rotatable bonds is 1. The average molecular weight is 241 g/mol. The molecule has 0 aromatic carbocycles. The number of hydrogen-bond acceptors (Lipinski definition) is 2. The molecule has 100 valence electrons. The molecule has 3 heteroatoms. The van der Waals surface area contributed by atoms with Gasteiger partial charge in [0.1, 0.15) is 5.60 Å². The maximum Gasteiger partial charge on any atom is 0.410 e. The molecule has 1 amide bonds. The maximum absolute atomic E-state index is 12.0. The number of likely N-dealkylation sites (tertiary alicyclic amines) is 1. The summed E-state index contributed by atoms with van der Waals surface area (Å²) in [7, 11) is 0. The summed E-state index contributed by atoms with van der Waals surface area (Å²) in [5.74, 6) is 1.47. The van der Waals surface area contributed by atoms with Gasteiger partial charge >= 0.3 is 6.09 Å². The van der Waals surface area contributed by atoms with Gasteiger partial charge in [0.15, 0.2) is 0 Å². The maximum atomic E-state index is 12.0. The Bertz CT molecular complexity index is 257. The van der Waals surface area contributed by atoms with E-state index in [2.05, 4.69) is 13.8 Å². The molecule has 1 heterocycles. The first-order chi connectivity index (χ1) is 7.83. The second-order valence-electron chi connectivity index (χ2n) is 6.19. The van der Waals surface area contributed by atoms with E-state index in [1.807, 2.05) is 25.7 Å². The van der Waals surface area contributed by atoms with Crippen molar-refractivity contribution in [2.75, 3.05) is 13.1 Å². The summed E-state index contributed by atoms with van der Waals surface area (Å²) in [5.41, 5.74) is -0.390. The second-order valence-corrected chi connectivity index (χ2v) is 6.19. The van der Waals surface area contributed by atoms with Gasteiger partial charge < -0.3 is 9.64 Å². The van der Waals surface area contributed by atoms with E-state index >= 15 is 0 Å². The molecule has 1 fully saturated rings. The summed E-state index contributed by atoms with van der Waals surface area (Å²) in [6, 6.07) is 0. The van der Waals surface area contributed by atoms with Crippen LogP contribution in [0.25, 0.3) is 0 Å². The number of carbonyl (C=O) groups excluding carboxylic acids is 1. The zero-order valence-corrected chi connectivity index (χ0v) is 12.0. The first kappa shape index (κ1) is 14.3. The van der Waals surface area contributed by atoms with E-state index < -0.39 is 0 Å². The predicted molar refractivity (Wildman–Crippen MR) is 70.0 cm³/mol. The fourth-order valence-electron chi connectivity index (χ4n) is 2.43. The molecule has 0 radical (unpaired) electrons. The van der Waals surface area contributed by atoms with Crippen molar-refractivity contribution in [3.05, 3.63) is 0 Å². The van der Waals surface area contributed by atoms with E-state index in [0.29, 0.717) is 5.92 Å². The van der Waals surface area contributed by atoms with Crippen molar-refractivity contribution in [2.24, 2.45) is 11.8 Å². The lowest BCUT2D eigenvalue weighted by Gasteiger charge is -2.26. The van der Waals surface area contributed by atoms with Crippen molar-refractivity contribution < 1.29 is 9.53 Å². The fraction of sp³-hybridized carbons (Fsp3) is 0.929. The molecule has 1 saturated heterocycles. The first-order valence-electron chi connectivity index (χ1n) is 6.81. The third-order valence-corrected chi connectivity index (χ3v) is 3.60. The van der Waals surface area contributed by atoms with Gasteiger partial charge in [-0.1, -0.05) is 20.3 Å². The molecular formula is C14H27NO2. The molecule has 0 aromatic rings. The molecule has 1 rings (SSSR count). The molecule has 1 aliphatic rings. The average Bonchev–Trinajstić information content (AvgIpc) is 2.37. The topological polar surface area (TPSA) is 29.5 Å². The van der Waals surface area contributed by atoms with Crippen molar-refractivity contribution in [3.63, 3.8) is 0 Å². The lowest BCUT2D eigenvalue weighted by atomic mass is 9.88. The van der Waals surface area contributed by atoms with Crippen molar-refractivity contribution in [1.29, 1.82) is 0 Å². The predicted octanol–water partition coefficient (Wildman–Crippen LogP) is 3.68. The Balaban J connectivity index is 2.53. The highest BCUT2D eigenvalue weighted by Crippen LogP contribution is 2.27. The third-order valence-electron chi connectivity index (χ3n) is 3.60. The van der Waals surface area contributed by atoms with E-state index in [9.17, 15) is 4.79 Å². The number of amides is 1. The van der Waals surface area contributed by atoms with Gasteiger partial charge in [-0.2, -0.15) is 0 Å². The summed E-state index contributed by atoms with van der Waals surface area (Å²) in [4.78, 5) is 13.8. The zero-order valence-electron chi connectivity index (χ0n) is 12.0. The zero-order chi connectivity index (χ0) is 13.1. The Labute approximate surface area is 106 Å². The monoisotopic (exact) mass is 241 g/mol. The molecule has 0 aliphatic carbocycles. The highest BCUT2D eigenvalue weighted by atomic mass is 16.6. The van der Waals surface area contributed by atoms with E-state index in [4.69, 9.17) is 4.74 Å². The quantitative estimate of drug-likeness (QED) is 0.701. The number of carbonyl (C=O) groups is 1. The van der Waals surface area contributed by atoms with Gasteiger partial charge in [0.25, 0.3) is 0 Å². The van der Waals surface area contributed by atoms with Gasteiger partial charge in [0, 0.05) is 13.1 Å². The van der Waals surface area contributed by atoms with Crippen LogP contribution >= 0.6 is 0 Å². The Morgan fingerprint density at radius 2 is 1.88 bits per heavy atom. The van der Waals surface area contributed by atoms with E-state index in [0.717, 1.165) is 31.8 Å². The molecule has 17 heavy (non-hydrogen) atoms. The van der Waals surface area contributed by atoms with Crippen LogP contribution < -0.4 is 0 Å². The fourth-order valence-corrected chi connectivity index (χ4v) is 2.43. The van der Waals surface area contributed by atoms with Crippen LogP contribution in [0.1, 0.15) is 53.9 Å². The van der Waals surface area contributed by atoms with E-state index in [1.165, 1.54) is 6.42 Å². The standard InChI is InChI=1S/C14H27NO2/c1-6-12-8-10-15(9-7-11(12)2)13(16)17-14(3,4)5/h11-12H,6-10H2,1-5H3. The largest absolute Gasteiger partial charge is 0.444 e. The Hall–Kier alpha value is -0.730. The van der Waals surface area contributed by atoms with Crippen LogP contribution in [0.2, 0.25) is 0 Å². The van der Waals surface area contributed by atoms with Gasteiger partial charge in [0.05, 0.1) is 0 Å². The number of ether oxygens (including phenoxy) is 1. The molecule has 0 saturated carbocycles. The minimum Gasteiger partial charge on any atom is -0.444 e. The van der Waals surface area contributed by atoms with E-state index in [-0.39, 0.29) is 11.7 Å². The normalized spacial score (nSPS) is 26.5. The summed E-state index contributed by atoms with van der Waals surface area (Å²) in [6.45, 7) is 12.0. The molecule has 0 N–H and O–H groups in total. The third kappa shape index (κ3) is 4.57. The van der Waals surface area contributed by atoms with Crippen molar-refractivity contribution in [3.8, 4) is 0 Å². The van der Waals surface area contributed by atoms with Crippen LogP contribution in [0.5, 0.6) is 0 Å². The molecule has 0 aromatic heterocycles. The number of nitrogens with zero attached hydrogens (tertiary/aromatic N) is 1. The first-order valence-corrected chi connectivity index (χ1v) is 6.81. The summed E-state index contributed by atoms with van der Waals surface area (Å²) in [6.07, 6.45) is 3.26. The van der Waals surface area contributed by atoms with Crippen molar-refractivity contribution in [1.82, 2.24) is 4.90 Å².